The van der Waals surface area contributed by atoms with Gasteiger partial charge in [0.2, 0.25) is 0 Å². The summed E-state index contributed by atoms with van der Waals surface area (Å²) in [5.41, 5.74) is -0.111. The summed E-state index contributed by atoms with van der Waals surface area (Å²) in [5, 5.41) is 2.51. The van der Waals surface area contributed by atoms with Gasteiger partial charge in [-0.15, -0.1) is 0 Å². The van der Waals surface area contributed by atoms with Gasteiger partial charge < -0.3 is 19.5 Å². The van der Waals surface area contributed by atoms with Gasteiger partial charge in [-0.2, -0.15) is 0 Å². The summed E-state index contributed by atoms with van der Waals surface area (Å²) in [6, 6.07) is 5.73. The van der Waals surface area contributed by atoms with Gasteiger partial charge >= 0.3 is 18.0 Å². The molecule has 0 radical (unpaired) electrons. The Morgan fingerprint density at radius 2 is 1.44 bits per heavy atom. The second-order valence-electron chi connectivity index (χ2n) is 8.12. The summed E-state index contributed by atoms with van der Waals surface area (Å²) < 4.78 is 15.2. The van der Waals surface area contributed by atoms with Crippen molar-refractivity contribution >= 4 is 18.0 Å². The van der Waals surface area contributed by atoms with E-state index in [4.69, 9.17) is 14.2 Å². The second-order valence-corrected chi connectivity index (χ2v) is 8.12. The minimum absolute atomic E-state index is 0.195. The van der Waals surface area contributed by atoms with Crippen LogP contribution in [0.25, 0.3) is 0 Å². The lowest BCUT2D eigenvalue weighted by Gasteiger charge is -2.22. The highest BCUT2D eigenvalue weighted by atomic mass is 16.6. The number of rotatable bonds is 5. The molecule has 1 atom stereocenters. The molecule has 0 saturated heterocycles. The van der Waals surface area contributed by atoms with Crippen LogP contribution in [0.3, 0.4) is 0 Å². The smallest absolute Gasteiger partial charge is 0.408 e. The minimum Gasteiger partial charge on any atom is -0.467 e. The predicted molar refractivity (Wildman–Crippen MR) is 100 cm³/mol. The topological polar surface area (TPSA) is 90.9 Å². The molecule has 0 aromatic heterocycles. The number of methoxy groups -OCH3 is 1. The van der Waals surface area contributed by atoms with Crippen molar-refractivity contribution in [1.29, 1.82) is 0 Å². The van der Waals surface area contributed by atoms with Crippen LogP contribution in [0.5, 0.6) is 0 Å². The van der Waals surface area contributed by atoms with Crippen LogP contribution in [0.15, 0.2) is 24.3 Å². The largest absolute Gasteiger partial charge is 0.467 e. The van der Waals surface area contributed by atoms with E-state index in [2.05, 4.69) is 5.32 Å². The van der Waals surface area contributed by atoms with Crippen molar-refractivity contribution in [1.82, 2.24) is 5.32 Å². The van der Waals surface area contributed by atoms with Crippen molar-refractivity contribution in [2.24, 2.45) is 0 Å². The van der Waals surface area contributed by atoms with Gasteiger partial charge in [-0.1, -0.05) is 12.1 Å². The van der Waals surface area contributed by atoms with E-state index in [1.54, 1.807) is 65.8 Å². The molecule has 1 N–H and O–H groups in total. The summed E-state index contributed by atoms with van der Waals surface area (Å²) in [7, 11) is 1.25. The molecule has 1 amide bonds. The maximum absolute atomic E-state index is 12.1. The van der Waals surface area contributed by atoms with Crippen molar-refractivity contribution in [3.8, 4) is 0 Å². The fourth-order valence-corrected chi connectivity index (χ4v) is 2.13. The Morgan fingerprint density at radius 3 is 1.89 bits per heavy atom. The van der Waals surface area contributed by atoms with E-state index < -0.39 is 35.3 Å². The molecule has 1 rings (SSSR count). The molecule has 0 bridgehead atoms. The highest BCUT2D eigenvalue weighted by Crippen LogP contribution is 2.14. The van der Waals surface area contributed by atoms with E-state index in [0.717, 1.165) is 5.56 Å². The second kappa shape index (κ2) is 8.88. The van der Waals surface area contributed by atoms with E-state index >= 15 is 0 Å². The number of carbonyl (C=O) groups excluding carboxylic acids is 3. The van der Waals surface area contributed by atoms with Crippen LogP contribution >= 0.6 is 0 Å². The first-order chi connectivity index (χ1) is 12.3. The molecule has 1 aromatic carbocycles. The zero-order valence-electron chi connectivity index (χ0n) is 17.0. The number of nitrogens with one attached hydrogen (secondary N) is 1. The third kappa shape index (κ3) is 8.57. The molecule has 0 aliphatic heterocycles. The summed E-state index contributed by atoms with van der Waals surface area (Å²) in [6.07, 6.45) is -0.510. The van der Waals surface area contributed by atoms with Crippen LogP contribution in [-0.2, 0) is 25.4 Å². The highest BCUT2D eigenvalue weighted by Gasteiger charge is 2.25. The van der Waals surface area contributed by atoms with E-state index in [1.165, 1.54) is 7.11 Å². The van der Waals surface area contributed by atoms with Crippen LogP contribution in [0.2, 0.25) is 0 Å². The molecule has 0 fully saturated rings. The quantitative estimate of drug-likeness (QED) is 0.624. The molecule has 0 heterocycles. The Bertz CT molecular complexity index is 667. The average molecular weight is 379 g/mol. The zero-order valence-corrected chi connectivity index (χ0v) is 17.0. The predicted octanol–water partition coefficient (Wildman–Crippen LogP) is 3.25. The van der Waals surface area contributed by atoms with Gasteiger partial charge in [0, 0.05) is 6.42 Å². The third-order valence-corrected chi connectivity index (χ3v) is 3.21. The highest BCUT2D eigenvalue weighted by molar-refractivity contribution is 5.89. The van der Waals surface area contributed by atoms with E-state index in [9.17, 15) is 14.4 Å². The first-order valence-corrected chi connectivity index (χ1v) is 8.70. The van der Waals surface area contributed by atoms with Gasteiger partial charge in [0.15, 0.2) is 0 Å². The average Bonchev–Trinajstić information content (AvgIpc) is 2.50. The van der Waals surface area contributed by atoms with Crippen molar-refractivity contribution in [3.05, 3.63) is 35.4 Å². The number of hydrogen-bond acceptors (Lipinski definition) is 6. The first-order valence-electron chi connectivity index (χ1n) is 8.70. The number of amides is 1. The lowest BCUT2D eigenvalue weighted by Crippen LogP contribution is -2.45. The van der Waals surface area contributed by atoms with Crippen LogP contribution in [-0.4, -0.2) is 42.4 Å². The number of alkyl carbamates (subject to hydrolysis) is 1. The Balaban J connectivity index is 2.83. The SMILES string of the molecule is COC(=O)[C@H](Cc1ccc(C(=O)OC(C)(C)C)cc1)NC(=O)OC(C)(C)C. The first kappa shape index (κ1) is 22.5. The lowest BCUT2D eigenvalue weighted by molar-refractivity contribution is -0.143. The van der Waals surface area contributed by atoms with Crippen molar-refractivity contribution < 1.29 is 28.6 Å². The Labute approximate surface area is 160 Å². The maximum atomic E-state index is 12.1. The third-order valence-electron chi connectivity index (χ3n) is 3.21. The summed E-state index contributed by atoms with van der Waals surface area (Å²) >= 11 is 0. The van der Waals surface area contributed by atoms with Gasteiger partial charge in [-0.25, -0.2) is 14.4 Å². The molecule has 0 aliphatic carbocycles. The normalized spacial score (nSPS) is 12.7. The Kier molecular flexibility index (Phi) is 7.39. The summed E-state index contributed by atoms with van der Waals surface area (Å²) in [5.74, 6) is -1.01. The van der Waals surface area contributed by atoms with Gasteiger partial charge in [-0.05, 0) is 59.2 Å². The van der Waals surface area contributed by atoms with Gasteiger partial charge in [0.05, 0.1) is 12.7 Å². The van der Waals surface area contributed by atoms with Gasteiger partial charge in [-0.3, -0.25) is 0 Å². The molecule has 7 heteroatoms. The molecule has 7 nitrogen and oxygen atoms in total. The summed E-state index contributed by atoms with van der Waals surface area (Å²) in [6.45, 7) is 10.6. The number of hydrogen-bond donors (Lipinski definition) is 1. The monoisotopic (exact) mass is 379 g/mol. The van der Waals surface area contributed by atoms with Crippen LogP contribution in [0, 0.1) is 0 Å². The molecular formula is C20H29NO6. The van der Waals surface area contributed by atoms with Crippen LogP contribution in [0.4, 0.5) is 4.79 Å². The number of benzene rings is 1. The zero-order chi connectivity index (χ0) is 20.8. The fraction of sp³-hybridized carbons (Fsp3) is 0.550. The van der Waals surface area contributed by atoms with Crippen LogP contribution in [0.1, 0.15) is 57.5 Å². The van der Waals surface area contributed by atoms with Crippen molar-refractivity contribution in [3.63, 3.8) is 0 Å². The molecule has 0 saturated carbocycles. The summed E-state index contributed by atoms with van der Waals surface area (Å²) in [4.78, 5) is 36.0. The standard InChI is InChI=1S/C20H29NO6/c1-19(2,3)26-16(22)14-10-8-13(9-11-14)12-15(17(23)25-7)21-18(24)27-20(4,5)6/h8-11,15H,12H2,1-7H3,(H,21,24)/t15-/m0/s1. The molecular weight excluding hydrogens is 350 g/mol. The van der Waals surface area contributed by atoms with Gasteiger partial charge in [0.25, 0.3) is 0 Å². The molecule has 0 spiro atoms. The van der Waals surface area contributed by atoms with Crippen molar-refractivity contribution in [2.45, 2.75) is 65.2 Å². The van der Waals surface area contributed by atoms with E-state index in [1.807, 2.05) is 0 Å². The number of ether oxygens (including phenoxy) is 3. The maximum Gasteiger partial charge on any atom is 0.408 e. The molecule has 0 unspecified atom stereocenters. The number of esters is 2. The molecule has 150 valence electrons. The van der Waals surface area contributed by atoms with E-state index in [-0.39, 0.29) is 6.42 Å². The fourth-order valence-electron chi connectivity index (χ4n) is 2.13. The van der Waals surface area contributed by atoms with E-state index in [0.29, 0.717) is 5.56 Å². The molecule has 0 aliphatic rings. The Hall–Kier alpha value is -2.57. The molecule has 27 heavy (non-hydrogen) atoms. The Morgan fingerprint density at radius 1 is 0.926 bits per heavy atom. The molecule has 1 aromatic rings. The minimum atomic E-state index is -0.905. The van der Waals surface area contributed by atoms with Crippen LogP contribution < -0.4 is 5.32 Å². The lowest BCUT2D eigenvalue weighted by atomic mass is 10.0. The van der Waals surface area contributed by atoms with Crippen molar-refractivity contribution in [2.75, 3.05) is 7.11 Å². The van der Waals surface area contributed by atoms with Gasteiger partial charge in [0.1, 0.15) is 17.2 Å². The number of carbonyl (C=O) groups is 3.